The Morgan fingerprint density at radius 3 is 3.00 bits per heavy atom. The fourth-order valence-corrected chi connectivity index (χ4v) is 4.27. The van der Waals surface area contributed by atoms with Crippen LogP contribution in [0.2, 0.25) is 0 Å². The molecule has 3 aromatic rings. The number of aromatic nitrogens is 3. The van der Waals surface area contributed by atoms with E-state index in [0.717, 1.165) is 31.7 Å². The lowest BCUT2D eigenvalue weighted by Crippen LogP contribution is -2.29. The summed E-state index contributed by atoms with van der Waals surface area (Å²) in [5.41, 5.74) is 5.38. The molecule has 0 radical (unpaired) electrons. The Bertz CT molecular complexity index is 970. The minimum Gasteiger partial charge on any atom is -0.296 e. The summed E-state index contributed by atoms with van der Waals surface area (Å²) in [5, 5.41) is 3.47. The quantitative estimate of drug-likeness (QED) is 0.753. The molecular formula is C20H21N5OS. The molecule has 0 bridgehead atoms. The summed E-state index contributed by atoms with van der Waals surface area (Å²) in [6.07, 6.45) is 5.41. The Balaban J connectivity index is 1.44. The zero-order valence-electron chi connectivity index (χ0n) is 15.4. The third kappa shape index (κ3) is 4.04. The van der Waals surface area contributed by atoms with Crippen LogP contribution in [-0.2, 0) is 19.5 Å². The first-order valence-electron chi connectivity index (χ1n) is 8.93. The van der Waals surface area contributed by atoms with Crippen LogP contribution < -0.4 is 5.32 Å². The number of benzene rings is 1. The first-order valence-corrected chi connectivity index (χ1v) is 9.74. The fourth-order valence-electron chi connectivity index (χ4n) is 3.23. The van der Waals surface area contributed by atoms with Crippen molar-refractivity contribution in [3.63, 3.8) is 0 Å². The van der Waals surface area contributed by atoms with Gasteiger partial charge in [-0.25, -0.2) is 9.97 Å². The molecule has 1 aliphatic rings. The van der Waals surface area contributed by atoms with Gasteiger partial charge in [0.2, 0.25) is 0 Å². The molecule has 0 fully saturated rings. The van der Waals surface area contributed by atoms with E-state index >= 15 is 0 Å². The highest BCUT2D eigenvalue weighted by atomic mass is 32.1. The van der Waals surface area contributed by atoms with Gasteiger partial charge >= 0.3 is 0 Å². The molecule has 2 aromatic heterocycles. The summed E-state index contributed by atoms with van der Waals surface area (Å²) in [5.74, 6) is -0.276. The van der Waals surface area contributed by atoms with Crippen LogP contribution in [0.15, 0.2) is 36.8 Å². The summed E-state index contributed by atoms with van der Waals surface area (Å²) in [4.78, 5) is 28.5. The summed E-state index contributed by atoms with van der Waals surface area (Å²) in [6, 6.07) is 6.61. The minimum atomic E-state index is -0.276. The van der Waals surface area contributed by atoms with E-state index in [9.17, 15) is 4.79 Å². The summed E-state index contributed by atoms with van der Waals surface area (Å²) in [6.45, 7) is 7.07. The van der Waals surface area contributed by atoms with Crippen LogP contribution in [-0.4, -0.2) is 32.3 Å². The van der Waals surface area contributed by atoms with Crippen molar-refractivity contribution in [2.45, 2.75) is 33.4 Å². The molecule has 0 atom stereocenters. The number of nitrogens with zero attached hydrogens (tertiary/aromatic N) is 4. The molecule has 138 valence electrons. The Hall–Kier alpha value is -2.64. The zero-order chi connectivity index (χ0) is 18.8. The maximum atomic E-state index is 12.2. The van der Waals surface area contributed by atoms with Crippen molar-refractivity contribution < 1.29 is 4.79 Å². The van der Waals surface area contributed by atoms with Gasteiger partial charge in [0.25, 0.3) is 5.91 Å². The second-order valence-electron chi connectivity index (χ2n) is 6.82. The SMILES string of the molecule is Cc1ccc(C)c(CN2CCc3nc(NC(=O)c4cnccn4)sc3C2)c1. The molecule has 0 saturated heterocycles. The largest absolute Gasteiger partial charge is 0.296 e. The van der Waals surface area contributed by atoms with E-state index in [-0.39, 0.29) is 5.91 Å². The van der Waals surface area contributed by atoms with Gasteiger partial charge in [0.05, 0.1) is 11.9 Å². The minimum absolute atomic E-state index is 0.276. The number of hydrogen-bond donors (Lipinski definition) is 1. The van der Waals surface area contributed by atoms with E-state index < -0.39 is 0 Å². The van der Waals surface area contributed by atoms with E-state index in [1.807, 2.05) is 0 Å². The Morgan fingerprint density at radius 1 is 1.30 bits per heavy atom. The molecule has 7 heteroatoms. The van der Waals surface area contributed by atoms with E-state index in [0.29, 0.717) is 10.8 Å². The molecular weight excluding hydrogens is 358 g/mol. The molecule has 0 spiro atoms. The van der Waals surface area contributed by atoms with Crippen molar-refractivity contribution in [3.8, 4) is 0 Å². The highest BCUT2D eigenvalue weighted by Gasteiger charge is 2.22. The van der Waals surface area contributed by atoms with Crippen LogP contribution in [0, 0.1) is 13.8 Å². The standard InChI is InChI=1S/C20H21N5OS/c1-13-3-4-14(2)15(9-13)11-25-8-5-16-18(12-25)27-20(23-16)24-19(26)17-10-21-6-7-22-17/h3-4,6-7,9-10H,5,8,11-12H2,1-2H3,(H,23,24,26). The van der Waals surface area contributed by atoms with Crippen LogP contribution in [0.25, 0.3) is 0 Å². The van der Waals surface area contributed by atoms with Crippen LogP contribution in [0.4, 0.5) is 5.13 Å². The number of aryl methyl sites for hydroxylation is 2. The van der Waals surface area contributed by atoms with Gasteiger partial charge in [0, 0.05) is 43.3 Å². The van der Waals surface area contributed by atoms with E-state index in [2.05, 4.69) is 57.2 Å². The number of carbonyl (C=O) groups is 1. The highest BCUT2D eigenvalue weighted by Crippen LogP contribution is 2.29. The van der Waals surface area contributed by atoms with Crippen molar-refractivity contribution in [3.05, 3.63) is 69.7 Å². The molecule has 0 aliphatic carbocycles. The Morgan fingerprint density at radius 2 is 2.19 bits per heavy atom. The van der Waals surface area contributed by atoms with Gasteiger partial charge in [-0.3, -0.25) is 20.0 Å². The van der Waals surface area contributed by atoms with Crippen molar-refractivity contribution in [2.75, 3.05) is 11.9 Å². The monoisotopic (exact) mass is 379 g/mol. The normalized spacial score (nSPS) is 14.0. The average molecular weight is 379 g/mol. The maximum Gasteiger partial charge on any atom is 0.277 e. The van der Waals surface area contributed by atoms with Crippen molar-refractivity contribution >= 4 is 22.4 Å². The van der Waals surface area contributed by atoms with Crippen LogP contribution in [0.5, 0.6) is 0 Å². The van der Waals surface area contributed by atoms with Gasteiger partial charge < -0.3 is 0 Å². The van der Waals surface area contributed by atoms with Crippen LogP contribution in [0.3, 0.4) is 0 Å². The van der Waals surface area contributed by atoms with Crippen LogP contribution in [0.1, 0.15) is 37.7 Å². The summed E-state index contributed by atoms with van der Waals surface area (Å²) < 4.78 is 0. The summed E-state index contributed by atoms with van der Waals surface area (Å²) in [7, 11) is 0. The van der Waals surface area contributed by atoms with Gasteiger partial charge in [-0.05, 0) is 25.0 Å². The molecule has 3 heterocycles. The van der Waals surface area contributed by atoms with E-state index in [1.165, 1.54) is 34.0 Å². The molecule has 27 heavy (non-hydrogen) atoms. The Labute approximate surface area is 162 Å². The van der Waals surface area contributed by atoms with Crippen molar-refractivity contribution in [1.29, 1.82) is 0 Å². The zero-order valence-corrected chi connectivity index (χ0v) is 16.2. The maximum absolute atomic E-state index is 12.2. The predicted molar refractivity (Wildman–Crippen MR) is 106 cm³/mol. The number of rotatable bonds is 4. The second kappa shape index (κ2) is 7.54. The van der Waals surface area contributed by atoms with Gasteiger partial charge in [-0.1, -0.05) is 23.8 Å². The Kier molecular flexibility index (Phi) is 4.96. The number of fused-ring (bicyclic) bond motifs is 1. The number of amides is 1. The first-order chi connectivity index (χ1) is 13.1. The van der Waals surface area contributed by atoms with Gasteiger partial charge in [0.15, 0.2) is 5.13 Å². The smallest absolute Gasteiger partial charge is 0.277 e. The molecule has 6 nitrogen and oxygen atoms in total. The predicted octanol–water partition coefficient (Wildman–Crippen LogP) is 3.36. The number of thiazole rings is 1. The molecule has 1 N–H and O–H groups in total. The third-order valence-corrected chi connectivity index (χ3v) is 5.72. The number of nitrogens with one attached hydrogen (secondary N) is 1. The van der Waals surface area contributed by atoms with Gasteiger partial charge in [-0.2, -0.15) is 0 Å². The van der Waals surface area contributed by atoms with E-state index in [4.69, 9.17) is 0 Å². The van der Waals surface area contributed by atoms with Gasteiger partial charge in [-0.15, -0.1) is 11.3 Å². The molecule has 4 rings (SSSR count). The first kappa shape index (κ1) is 17.8. The highest BCUT2D eigenvalue weighted by molar-refractivity contribution is 7.15. The topological polar surface area (TPSA) is 71.0 Å². The second-order valence-corrected chi connectivity index (χ2v) is 7.91. The van der Waals surface area contributed by atoms with Crippen molar-refractivity contribution in [2.24, 2.45) is 0 Å². The number of anilines is 1. The molecule has 1 aromatic carbocycles. The molecule has 0 saturated carbocycles. The summed E-state index contributed by atoms with van der Waals surface area (Å²) >= 11 is 1.55. The number of carbonyl (C=O) groups excluding carboxylic acids is 1. The fraction of sp³-hybridized carbons (Fsp3) is 0.300. The van der Waals surface area contributed by atoms with Crippen molar-refractivity contribution in [1.82, 2.24) is 19.9 Å². The number of hydrogen-bond acceptors (Lipinski definition) is 6. The third-order valence-electron chi connectivity index (χ3n) is 4.73. The lowest BCUT2D eigenvalue weighted by molar-refractivity contribution is 0.102. The molecule has 0 unspecified atom stereocenters. The average Bonchev–Trinajstić information content (AvgIpc) is 3.07. The van der Waals surface area contributed by atoms with Crippen LogP contribution >= 0.6 is 11.3 Å². The molecule has 1 amide bonds. The lowest BCUT2D eigenvalue weighted by atomic mass is 10.0. The lowest BCUT2D eigenvalue weighted by Gasteiger charge is -2.26. The van der Waals surface area contributed by atoms with E-state index in [1.54, 1.807) is 17.5 Å². The van der Waals surface area contributed by atoms with Gasteiger partial charge in [0.1, 0.15) is 5.69 Å². The molecule has 1 aliphatic heterocycles.